The predicted molar refractivity (Wildman–Crippen MR) is 164 cm³/mol. The Kier molecular flexibility index (Phi) is 27.9. The van der Waals surface area contributed by atoms with E-state index in [2.05, 4.69) is 31.3 Å². The summed E-state index contributed by atoms with van der Waals surface area (Å²) in [7, 11) is 0. The Morgan fingerprint density at radius 3 is 1.54 bits per heavy atom. The molecule has 0 heterocycles. The Hall–Kier alpha value is -0.950. The van der Waals surface area contributed by atoms with E-state index >= 15 is 0 Å². The minimum atomic E-state index is -1.27. The van der Waals surface area contributed by atoms with Crippen LogP contribution in [0.25, 0.3) is 0 Å². The first kappa shape index (κ1) is 38.0. The zero-order chi connectivity index (χ0) is 29.0. The topological polar surface area (TPSA) is 110 Å². The molecule has 0 radical (unpaired) electrons. The molecule has 0 bridgehead atoms. The highest BCUT2D eigenvalue weighted by Crippen LogP contribution is 2.14. The van der Waals surface area contributed by atoms with Crippen LogP contribution in [0.4, 0.5) is 0 Å². The summed E-state index contributed by atoms with van der Waals surface area (Å²) in [5.41, 5.74) is 0. The summed E-state index contributed by atoms with van der Waals surface area (Å²) >= 11 is 0. The Morgan fingerprint density at radius 2 is 1.05 bits per heavy atom. The van der Waals surface area contributed by atoms with Gasteiger partial charge in [0.2, 0.25) is 5.91 Å². The number of allylic oxidation sites excluding steroid dienone is 2. The van der Waals surface area contributed by atoms with E-state index in [1.165, 1.54) is 96.3 Å². The van der Waals surface area contributed by atoms with E-state index in [4.69, 9.17) is 0 Å². The summed E-state index contributed by atoms with van der Waals surface area (Å²) < 4.78 is 0. The Balaban J connectivity index is 3.90. The first-order valence-electron chi connectivity index (χ1n) is 16.6. The van der Waals surface area contributed by atoms with Crippen LogP contribution in [0, 0.1) is 0 Å². The van der Waals surface area contributed by atoms with Gasteiger partial charge in [0.15, 0.2) is 0 Å². The lowest BCUT2D eigenvalue weighted by atomic mass is 10.00. The number of unbranched alkanes of at least 4 members (excludes halogenated alkanes) is 18. The highest BCUT2D eigenvalue weighted by molar-refractivity contribution is 5.80. The fourth-order valence-electron chi connectivity index (χ4n) is 4.99. The van der Waals surface area contributed by atoms with Gasteiger partial charge in [-0.1, -0.05) is 135 Å². The highest BCUT2D eigenvalue weighted by Gasteiger charge is 2.28. The number of carbonyl (C=O) groups excluding carboxylic acids is 1. The molecule has 0 saturated heterocycles. The molecule has 6 heteroatoms. The van der Waals surface area contributed by atoms with Crippen LogP contribution in [0.5, 0.6) is 0 Å². The maximum atomic E-state index is 12.4. The second-order valence-corrected chi connectivity index (χ2v) is 11.5. The fraction of sp³-hybridized carbons (Fsp3) is 0.909. The molecule has 0 aliphatic heterocycles. The van der Waals surface area contributed by atoms with E-state index in [1.807, 2.05) is 0 Å². The Bertz CT molecular complexity index is 556. The standard InChI is InChI=1S/C33H65NO5/c1-3-5-7-9-11-13-15-16-17-19-21-23-25-27-31(37)33(39)34-29(28-35)32(38)30(36)26-24-22-20-18-14-12-10-8-6-4-2/h18,20,29-32,35-38H,3-17,19,21-28H2,1-2H3,(H,34,39)/b20-18+. The minimum Gasteiger partial charge on any atom is -0.394 e. The van der Waals surface area contributed by atoms with Crippen molar-refractivity contribution in [3.63, 3.8) is 0 Å². The number of nitrogens with one attached hydrogen (secondary N) is 1. The summed E-state index contributed by atoms with van der Waals surface area (Å²) in [6.45, 7) is 3.97. The summed E-state index contributed by atoms with van der Waals surface area (Å²) in [5.74, 6) is -0.596. The zero-order valence-electron chi connectivity index (χ0n) is 25.6. The summed E-state index contributed by atoms with van der Waals surface area (Å²) in [6, 6.07) is -0.993. The second-order valence-electron chi connectivity index (χ2n) is 11.5. The number of aliphatic hydroxyl groups excluding tert-OH is 4. The first-order chi connectivity index (χ1) is 19.0. The van der Waals surface area contributed by atoms with Gasteiger partial charge in [-0.3, -0.25) is 4.79 Å². The van der Waals surface area contributed by atoms with Crippen molar-refractivity contribution in [3.8, 4) is 0 Å². The van der Waals surface area contributed by atoms with Gasteiger partial charge in [-0.15, -0.1) is 0 Å². The average Bonchev–Trinajstić information content (AvgIpc) is 2.94. The van der Waals surface area contributed by atoms with E-state index in [0.29, 0.717) is 12.8 Å². The molecule has 0 aromatic carbocycles. The molecule has 4 unspecified atom stereocenters. The van der Waals surface area contributed by atoms with Gasteiger partial charge in [0, 0.05) is 0 Å². The van der Waals surface area contributed by atoms with Crippen molar-refractivity contribution in [1.82, 2.24) is 5.32 Å². The van der Waals surface area contributed by atoms with Crippen LogP contribution in [0.15, 0.2) is 12.2 Å². The van der Waals surface area contributed by atoms with Crippen molar-refractivity contribution >= 4 is 5.91 Å². The number of amides is 1. The van der Waals surface area contributed by atoms with E-state index in [1.54, 1.807) is 0 Å². The van der Waals surface area contributed by atoms with Crippen molar-refractivity contribution < 1.29 is 25.2 Å². The van der Waals surface area contributed by atoms with Gasteiger partial charge >= 0.3 is 0 Å². The van der Waals surface area contributed by atoms with Gasteiger partial charge in [-0.2, -0.15) is 0 Å². The van der Waals surface area contributed by atoms with Gasteiger partial charge < -0.3 is 25.7 Å². The molecule has 1 amide bonds. The van der Waals surface area contributed by atoms with Crippen LogP contribution in [0.2, 0.25) is 0 Å². The van der Waals surface area contributed by atoms with Crippen molar-refractivity contribution in [2.75, 3.05) is 6.61 Å². The number of aliphatic hydroxyl groups is 4. The molecular formula is C33H65NO5. The van der Waals surface area contributed by atoms with Crippen LogP contribution in [-0.4, -0.2) is 57.3 Å². The molecule has 0 aliphatic rings. The summed E-state index contributed by atoms with van der Waals surface area (Å²) in [6.07, 6.45) is 26.6. The highest BCUT2D eigenvalue weighted by atomic mass is 16.3. The molecule has 4 atom stereocenters. The Morgan fingerprint density at radius 1 is 0.615 bits per heavy atom. The molecule has 0 spiro atoms. The van der Waals surface area contributed by atoms with Crippen LogP contribution < -0.4 is 5.32 Å². The smallest absolute Gasteiger partial charge is 0.249 e. The van der Waals surface area contributed by atoms with E-state index < -0.39 is 36.9 Å². The summed E-state index contributed by atoms with van der Waals surface area (Å²) in [5, 5.41) is 43.1. The van der Waals surface area contributed by atoms with Crippen LogP contribution in [0.3, 0.4) is 0 Å². The van der Waals surface area contributed by atoms with Gasteiger partial charge in [0.25, 0.3) is 0 Å². The molecule has 0 aromatic heterocycles. The lowest BCUT2D eigenvalue weighted by molar-refractivity contribution is -0.132. The molecule has 0 aromatic rings. The molecule has 0 aliphatic carbocycles. The SMILES string of the molecule is CCCCCCC/C=C/CCCC(O)C(O)C(CO)NC(=O)C(O)CCCCCCCCCCCCCCC. The van der Waals surface area contributed by atoms with E-state index in [0.717, 1.165) is 38.5 Å². The maximum Gasteiger partial charge on any atom is 0.249 e. The first-order valence-corrected chi connectivity index (χ1v) is 16.6. The van der Waals surface area contributed by atoms with Crippen LogP contribution in [-0.2, 0) is 4.79 Å². The van der Waals surface area contributed by atoms with Gasteiger partial charge in [0.05, 0.1) is 18.8 Å². The molecule has 5 N–H and O–H groups in total. The maximum absolute atomic E-state index is 12.4. The number of rotatable bonds is 29. The third-order valence-electron chi connectivity index (χ3n) is 7.73. The average molecular weight is 556 g/mol. The van der Waals surface area contributed by atoms with Crippen molar-refractivity contribution in [3.05, 3.63) is 12.2 Å². The fourth-order valence-corrected chi connectivity index (χ4v) is 4.99. The second kappa shape index (κ2) is 28.6. The summed E-state index contributed by atoms with van der Waals surface area (Å²) in [4.78, 5) is 12.4. The molecule has 232 valence electrons. The van der Waals surface area contributed by atoms with Crippen LogP contribution >= 0.6 is 0 Å². The van der Waals surface area contributed by atoms with E-state index in [9.17, 15) is 25.2 Å². The minimum absolute atomic E-state index is 0.366. The largest absolute Gasteiger partial charge is 0.394 e. The normalized spacial score (nSPS) is 14.9. The third kappa shape index (κ3) is 23.5. The molecule has 6 nitrogen and oxygen atoms in total. The molecule has 39 heavy (non-hydrogen) atoms. The molecule has 0 rings (SSSR count). The predicted octanol–water partition coefficient (Wildman–Crippen LogP) is 7.11. The lowest BCUT2D eigenvalue weighted by Crippen LogP contribution is -2.53. The molecule has 0 fully saturated rings. The van der Waals surface area contributed by atoms with Gasteiger partial charge in [-0.25, -0.2) is 0 Å². The van der Waals surface area contributed by atoms with Crippen molar-refractivity contribution in [1.29, 1.82) is 0 Å². The number of hydrogen-bond donors (Lipinski definition) is 5. The van der Waals surface area contributed by atoms with Crippen LogP contribution in [0.1, 0.15) is 162 Å². The van der Waals surface area contributed by atoms with Crippen molar-refractivity contribution in [2.24, 2.45) is 0 Å². The lowest BCUT2D eigenvalue weighted by Gasteiger charge is -2.27. The number of hydrogen-bond acceptors (Lipinski definition) is 5. The molecule has 0 saturated carbocycles. The van der Waals surface area contributed by atoms with Gasteiger partial charge in [-0.05, 0) is 38.5 Å². The number of carbonyl (C=O) groups is 1. The quantitative estimate of drug-likeness (QED) is 0.0499. The molecular weight excluding hydrogens is 490 g/mol. The Labute approximate surface area is 241 Å². The zero-order valence-corrected chi connectivity index (χ0v) is 25.6. The van der Waals surface area contributed by atoms with E-state index in [-0.39, 0.29) is 0 Å². The third-order valence-corrected chi connectivity index (χ3v) is 7.73. The monoisotopic (exact) mass is 555 g/mol. The van der Waals surface area contributed by atoms with Gasteiger partial charge in [0.1, 0.15) is 12.2 Å². The van der Waals surface area contributed by atoms with Crippen molar-refractivity contribution in [2.45, 2.75) is 186 Å².